The van der Waals surface area contributed by atoms with E-state index < -0.39 is 0 Å². The van der Waals surface area contributed by atoms with Crippen LogP contribution in [-0.2, 0) is 16.0 Å². The Morgan fingerprint density at radius 1 is 1.15 bits per heavy atom. The van der Waals surface area contributed by atoms with Crippen LogP contribution >= 0.6 is 23.1 Å². The number of fused-ring (bicyclic) bond motifs is 2. The molecule has 1 aromatic heterocycles. The molecule has 0 saturated carbocycles. The number of thioether (sulfide) groups is 1. The topological polar surface area (TPSA) is 71.1 Å². The highest BCUT2D eigenvalue weighted by molar-refractivity contribution is 8.01. The molecule has 0 radical (unpaired) electrons. The number of amides is 2. The van der Waals surface area contributed by atoms with E-state index >= 15 is 0 Å². The predicted molar refractivity (Wildman–Crippen MR) is 110 cm³/mol. The molecule has 7 heteroatoms. The maximum Gasteiger partial charge on any atom is 0.238 e. The van der Waals surface area contributed by atoms with E-state index in [2.05, 4.69) is 21.7 Å². The molecule has 0 saturated heterocycles. The Bertz CT molecular complexity index is 953. The Balaban J connectivity index is 1.23. The molecule has 4 rings (SSSR count). The number of aromatic nitrogens is 1. The monoisotopic (exact) mass is 397 g/mol. The van der Waals surface area contributed by atoms with Gasteiger partial charge in [0.1, 0.15) is 0 Å². The van der Waals surface area contributed by atoms with Crippen molar-refractivity contribution >= 4 is 50.8 Å². The minimum Gasteiger partial charge on any atom is -0.356 e. The van der Waals surface area contributed by atoms with Gasteiger partial charge in [-0.15, -0.1) is 23.1 Å². The fourth-order valence-electron chi connectivity index (χ4n) is 2.96. The van der Waals surface area contributed by atoms with Crippen LogP contribution in [0, 0.1) is 0 Å². The molecule has 1 aliphatic rings. The molecule has 0 bridgehead atoms. The molecule has 138 valence electrons. The van der Waals surface area contributed by atoms with E-state index in [4.69, 9.17) is 0 Å². The molecule has 1 aliphatic heterocycles. The van der Waals surface area contributed by atoms with Crippen LogP contribution in [0.4, 0.5) is 5.69 Å². The van der Waals surface area contributed by atoms with Gasteiger partial charge in [0.25, 0.3) is 0 Å². The third-order valence-corrected chi connectivity index (χ3v) is 6.68. The lowest BCUT2D eigenvalue weighted by atomic mass is 10.2. The largest absolute Gasteiger partial charge is 0.356 e. The number of carbonyl (C=O) groups excluding carboxylic acids is 2. The first kappa shape index (κ1) is 18.0. The van der Waals surface area contributed by atoms with Crippen molar-refractivity contribution in [1.29, 1.82) is 0 Å². The minimum atomic E-state index is -0.385. The summed E-state index contributed by atoms with van der Waals surface area (Å²) in [4.78, 5) is 30.0. The quantitative estimate of drug-likeness (QED) is 0.620. The van der Waals surface area contributed by atoms with Gasteiger partial charge in [-0.1, -0.05) is 24.3 Å². The fraction of sp³-hybridized carbons (Fsp3) is 0.250. The number of para-hydroxylation sites is 2. The molecule has 5 nitrogen and oxygen atoms in total. The SMILES string of the molecule is O=C(CC1Sc2ccccc2NC1=O)NCCCc1nc2ccccc2s1. The second-order valence-electron chi connectivity index (χ2n) is 6.32. The molecule has 1 unspecified atom stereocenters. The first-order valence-corrected chi connectivity index (χ1v) is 10.6. The number of nitrogens with zero attached hydrogens (tertiary/aromatic N) is 1. The second kappa shape index (κ2) is 8.10. The average molecular weight is 398 g/mol. The highest BCUT2D eigenvalue weighted by Gasteiger charge is 2.28. The molecule has 0 aliphatic carbocycles. The van der Waals surface area contributed by atoms with Gasteiger partial charge < -0.3 is 10.6 Å². The summed E-state index contributed by atoms with van der Waals surface area (Å²) in [5.74, 6) is -0.199. The van der Waals surface area contributed by atoms with E-state index in [0.29, 0.717) is 6.54 Å². The van der Waals surface area contributed by atoms with Gasteiger partial charge in [-0.2, -0.15) is 0 Å². The molecule has 2 N–H and O–H groups in total. The van der Waals surface area contributed by atoms with E-state index in [1.807, 2.05) is 42.5 Å². The number of anilines is 1. The van der Waals surface area contributed by atoms with Crippen molar-refractivity contribution in [2.75, 3.05) is 11.9 Å². The van der Waals surface area contributed by atoms with Gasteiger partial charge >= 0.3 is 0 Å². The summed E-state index contributed by atoms with van der Waals surface area (Å²) >= 11 is 3.15. The number of aryl methyl sites for hydroxylation is 1. The Kier molecular flexibility index (Phi) is 5.40. The van der Waals surface area contributed by atoms with Crippen molar-refractivity contribution in [1.82, 2.24) is 10.3 Å². The van der Waals surface area contributed by atoms with Crippen molar-refractivity contribution in [2.24, 2.45) is 0 Å². The van der Waals surface area contributed by atoms with Crippen LogP contribution < -0.4 is 10.6 Å². The Morgan fingerprint density at radius 3 is 2.85 bits per heavy atom. The van der Waals surface area contributed by atoms with Gasteiger partial charge in [0.05, 0.1) is 26.2 Å². The zero-order valence-electron chi connectivity index (χ0n) is 14.6. The summed E-state index contributed by atoms with van der Waals surface area (Å²) in [6.45, 7) is 0.588. The summed E-state index contributed by atoms with van der Waals surface area (Å²) in [5, 5.41) is 6.50. The normalized spacial score (nSPS) is 16.0. The summed E-state index contributed by atoms with van der Waals surface area (Å²) in [7, 11) is 0. The van der Waals surface area contributed by atoms with Crippen LogP contribution in [0.3, 0.4) is 0 Å². The number of thiazole rings is 1. The highest BCUT2D eigenvalue weighted by atomic mass is 32.2. The summed E-state index contributed by atoms with van der Waals surface area (Å²) in [6.07, 6.45) is 1.86. The number of carbonyl (C=O) groups is 2. The lowest BCUT2D eigenvalue weighted by Crippen LogP contribution is -2.35. The number of hydrogen-bond donors (Lipinski definition) is 2. The smallest absolute Gasteiger partial charge is 0.238 e. The summed E-state index contributed by atoms with van der Waals surface area (Å²) < 4.78 is 1.19. The number of hydrogen-bond acceptors (Lipinski definition) is 5. The molecule has 2 heterocycles. The molecular formula is C20H19N3O2S2. The lowest BCUT2D eigenvalue weighted by Gasteiger charge is -2.23. The maximum absolute atomic E-state index is 12.2. The Labute approximate surface area is 165 Å². The summed E-state index contributed by atoms with van der Waals surface area (Å²) in [5.41, 5.74) is 1.85. The van der Waals surface area contributed by atoms with Crippen molar-refractivity contribution in [3.8, 4) is 0 Å². The van der Waals surface area contributed by atoms with Gasteiger partial charge in [-0.05, 0) is 30.7 Å². The molecule has 2 aromatic carbocycles. The molecule has 2 amide bonds. The third kappa shape index (κ3) is 4.31. The van der Waals surface area contributed by atoms with E-state index in [1.54, 1.807) is 11.3 Å². The van der Waals surface area contributed by atoms with Crippen LogP contribution in [0.5, 0.6) is 0 Å². The number of rotatable bonds is 6. The number of nitrogens with one attached hydrogen (secondary N) is 2. The molecule has 1 atom stereocenters. The van der Waals surface area contributed by atoms with Crippen LogP contribution in [0.15, 0.2) is 53.4 Å². The van der Waals surface area contributed by atoms with Crippen molar-refractivity contribution in [3.63, 3.8) is 0 Å². The van der Waals surface area contributed by atoms with Gasteiger partial charge in [0.15, 0.2) is 0 Å². The first-order valence-electron chi connectivity index (χ1n) is 8.87. The molecule has 27 heavy (non-hydrogen) atoms. The van der Waals surface area contributed by atoms with Crippen LogP contribution in [-0.4, -0.2) is 28.6 Å². The van der Waals surface area contributed by atoms with Gasteiger partial charge in [0, 0.05) is 24.3 Å². The highest BCUT2D eigenvalue weighted by Crippen LogP contribution is 2.36. The van der Waals surface area contributed by atoms with Crippen molar-refractivity contribution < 1.29 is 9.59 Å². The Morgan fingerprint density at radius 2 is 1.96 bits per heavy atom. The van der Waals surface area contributed by atoms with Crippen LogP contribution in [0.2, 0.25) is 0 Å². The molecule has 0 fully saturated rings. The van der Waals surface area contributed by atoms with Gasteiger partial charge in [0.2, 0.25) is 11.8 Å². The predicted octanol–water partition coefficient (Wildman–Crippen LogP) is 3.85. The first-order chi connectivity index (χ1) is 13.2. The van der Waals surface area contributed by atoms with Crippen LogP contribution in [0.25, 0.3) is 10.2 Å². The zero-order valence-corrected chi connectivity index (χ0v) is 16.2. The minimum absolute atomic E-state index is 0.0914. The standard InChI is InChI=1S/C20H19N3O2S2/c24-18(12-17-20(25)23-14-7-2-3-8-15(14)26-17)21-11-5-10-19-22-13-6-1-4-9-16(13)27-19/h1-4,6-9,17H,5,10-12H2,(H,21,24)(H,23,25). The van der Waals surface area contributed by atoms with E-state index in [-0.39, 0.29) is 23.5 Å². The maximum atomic E-state index is 12.2. The molecular weight excluding hydrogens is 378 g/mol. The Hall–Kier alpha value is -2.38. The average Bonchev–Trinajstić information content (AvgIpc) is 3.09. The van der Waals surface area contributed by atoms with E-state index in [0.717, 1.165) is 33.9 Å². The van der Waals surface area contributed by atoms with Crippen LogP contribution in [0.1, 0.15) is 17.8 Å². The van der Waals surface area contributed by atoms with E-state index in [1.165, 1.54) is 16.5 Å². The van der Waals surface area contributed by atoms with E-state index in [9.17, 15) is 9.59 Å². The van der Waals surface area contributed by atoms with Crippen molar-refractivity contribution in [2.45, 2.75) is 29.4 Å². The van der Waals surface area contributed by atoms with Gasteiger partial charge in [-0.3, -0.25) is 9.59 Å². The zero-order chi connectivity index (χ0) is 18.6. The summed E-state index contributed by atoms with van der Waals surface area (Å²) in [6, 6.07) is 15.7. The van der Waals surface area contributed by atoms with Crippen molar-refractivity contribution in [3.05, 3.63) is 53.5 Å². The fourth-order valence-corrected chi connectivity index (χ4v) is 5.08. The lowest BCUT2D eigenvalue weighted by molar-refractivity contribution is -0.124. The second-order valence-corrected chi connectivity index (χ2v) is 8.68. The molecule has 0 spiro atoms. The third-order valence-electron chi connectivity index (χ3n) is 4.31. The molecule has 3 aromatic rings. The van der Waals surface area contributed by atoms with Gasteiger partial charge in [-0.25, -0.2) is 4.98 Å². The number of benzene rings is 2.